The summed E-state index contributed by atoms with van der Waals surface area (Å²) in [4.78, 5) is 8.78. The van der Waals surface area contributed by atoms with Crippen molar-refractivity contribution in [2.24, 2.45) is 0 Å². The monoisotopic (exact) mass is 347 g/mol. The predicted octanol–water partition coefficient (Wildman–Crippen LogP) is 3.07. The summed E-state index contributed by atoms with van der Waals surface area (Å²) in [6.45, 7) is 4.67. The van der Waals surface area contributed by atoms with Crippen molar-refractivity contribution < 1.29 is 9.47 Å². The second-order valence-electron chi connectivity index (χ2n) is 5.77. The number of hydrogen-bond acceptors (Lipinski definition) is 5. The molecule has 0 aliphatic carbocycles. The molecule has 1 saturated heterocycles. The fourth-order valence-electron chi connectivity index (χ4n) is 3.02. The average Bonchev–Trinajstić information content (AvgIpc) is 2.63. The van der Waals surface area contributed by atoms with Crippen LogP contribution in [0.25, 0.3) is 0 Å². The van der Waals surface area contributed by atoms with Gasteiger partial charge in [-0.05, 0) is 24.3 Å². The number of halogens is 1. The van der Waals surface area contributed by atoms with Crippen LogP contribution in [0.5, 0.6) is 11.5 Å². The Kier molecular flexibility index (Phi) is 5.43. The average molecular weight is 348 g/mol. The van der Waals surface area contributed by atoms with Crippen LogP contribution in [0.15, 0.2) is 36.7 Å². The number of methoxy groups -OCH3 is 2. The lowest BCUT2D eigenvalue weighted by Crippen LogP contribution is -2.46. The molecule has 1 fully saturated rings. The molecule has 2 aromatic rings. The zero-order valence-electron chi connectivity index (χ0n) is 14.0. The number of rotatable bonds is 5. The largest absolute Gasteiger partial charge is 0.497 e. The first kappa shape index (κ1) is 16.9. The van der Waals surface area contributed by atoms with Crippen molar-refractivity contribution in [3.63, 3.8) is 0 Å². The van der Waals surface area contributed by atoms with Crippen LogP contribution in [0.1, 0.15) is 5.56 Å². The maximum atomic E-state index is 6.25. The number of piperazine rings is 1. The Labute approximate surface area is 147 Å². The van der Waals surface area contributed by atoms with E-state index < -0.39 is 0 Å². The molecule has 6 heteroatoms. The van der Waals surface area contributed by atoms with E-state index in [1.807, 2.05) is 24.3 Å². The highest BCUT2D eigenvalue weighted by Crippen LogP contribution is 2.28. The molecule has 0 saturated carbocycles. The highest BCUT2D eigenvalue weighted by atomic mass is 35.5. The number of anilines is 1. The van der Waals surface area contributed by atoms with E-state index in [1.165, 1.54) is 0 Å². The minimum Gasteiger partial charge on any atom is -0.497 e. The normalized spacial score (nSPS) is 15.4. The molecule has 1 aromatic carbocycles. The van der Waals surface area contributed by atoms with Crippen molar-refractivity contribution in [3.05, 3.63) is 47.2 Å². The molecule has 0 unspecified atom stereocenters. The number of nitrogens with zero attached hydrogens (tertiary/aromatic N) is 3. The Hall–Kier alpha value is -1.98. The maximum absolute atomic E-state index is 6.25. The smallest absolute Gasteiger partial charge is 0.123 e. The molecular formula is C18H22ClN3O2. The first-order valence-corrected chi connectivity index (χ1v) is 8.37. The SMILES string of the molecule is COc1ccc(OC)c(CN2CCN(c3ccncc3Cl)CC2)c1. The van der Waals surface area contributed by atoms with Gasteiger partial charge >= 0.3 is 0 Å². The van der Waals surface area contributed by atoms with E-state index in [1.54, 1.807) is 26.6 Å². The molecule has 1 aliphatic rings. The van der Waals surface area contributed by atoms with Gasteiger partial charge in [0.1, 0.15) is 11.5 Å². The molecule has 2 heterocycles. The van der Waals surface area contributed by atoms with Gasteiger partial charge in [0.05, 0.1) is 24.9 Å². The fraction of sp³-hybridized carbons (Fsp3) is 0.389. The van der Waals surface area contributed by atoms with Crippen LogP contribution in [0.4, 0.5) is 5.69 Å². The molecule has 0 amide bonds. The van der Waals surface area contributed by atoms with Gasteiger partial charge in [0.2, 0.25) is 0 Å². The van der Waals surface area contributed by atoms with E-state index in [0.29, 0.717) is 5.02 Å². The molecule has 0 bridgehead atoms. The number of ether oxygens (including phenoxy) is 2. The fourth-order valence-corrected chi connectivity index (χ4v) is 3.26. The molecule has 24 heavy (non-hydrogen) atoms. The van der Waals surface area contributed by atoms with Crippen molar-refractivity contribution in [2.45, 2.75) is 6.54 Å². The topological polar surface area (TPSA) is 37.8 Å². The summed E-state index contributed by atoms with van der Waals surface area (Å²) >= 11 is 6.25. The van der Waals surface area contributed by atoms with Crippen LogP contribution in [0.2, 0.25) is 5.02 Å². The van der Waals surface area contributed by atoms with Crippen LogP contribution in [-0.4, -0.2) is 50.3 Å². The number of aromatic nitrogens is 1. The Morgan fingerprint density at radius 1 is 1.08 bits per heavy atom. The van der Waals surface area contributed by atoms with Gasteiger partial charge in [-0.25, -0.2) is 0 Å². The van der Waals surface area contributed by atoms with E-state index in [4.69, 9.17) is 21.1 Å². The Morgan fingerprint density at radius 2 is 1.88 bits per heavy atom. The first-order valence-electron chi connectivity index (χ1n) is 7.99. The molecule has 0 spiro atoms. The van der Waals surface area contributed by atoms with Gasteiger partial charge in [-0.15, -0.1) is 0 Å². The van der Waals surface area contributed by atoms with Crippen molar-refractivity contribution in [2.75, 3.05) is 45.3 Å². The van der Waals surface area contributed by atoms with Crippen LogP contribution in [0.3, 0.4) is 0 Å². The van der Waals surface area contributed by atoms with E-state index in [0.717, 1.165) is 55.5 Å². The summed E-state index contributed by atoms with van der Waals surface area (Å²) in [6, 6.07) is 7.90. The van der Waals surface area contributed by atoms with Gasteiger partial charge in [0.25, 0.3) is 0 Å². The van der Waals surface area contributed by atoms with Crippen molar-refractivity contribution in [3.8, 4) is 11.5 Å². The molecular weight excluding hydrogens is 326 g/mol. The van der Waals surface area contributed by atoms with Gasteiger partial charge in [-0.1, -0.05) is 11.6 Å². The standard InChI is InChI=1S/C18H22ClN3O2/c1-23-15-3-4-18(24-2)14(11-15)13-21-7-9-22(10-8-21)17-5-6-20-12-16(17)19/h3-6,11-12H,7-10,13H2,1-2H3. The van der Waals surface area contributed by atoms with Gasteiger partial charge in [-0.3, -0.25) is 9.88 Å². The second-order valence-corrected chi connectivity index (χ2v) is 6.18. The Morgan fingerprint density at radius 3 is 2.54 bits per heavy atom. The van der Waals surface area contributed by atoms with Crippen LogP contribution >= 0.6 is 11.6 Å². The minimum atomic E-state index is 0.709. The van der Waals surface area contributed by atoms with Crippen molar-refractivity contribution in [1.82, 2.24) is 9.88 Å². The molecule has 3 rings (SSSR count). The first-order chi connectivity index (χ1) is 11.7. The van der Waals surface area contributed by atoms with E-state index >= 15 is 0 Å². The van der Waals surface area contributed by atoms with Gasteiger partial charge in [-0.2, -0.15) is 0 Å². The summed E-state index contributed by atoms with van der Waals surface area (Å²) in [6.07, 6.45) is 3.49. The van der Waals surface area contributed by atoms with Crippen LogP contribution in [0, 0.1) is 0 Å². The highest BCUT2D eigenvalue weighted by Gasteiger charge is 2.20. The third kappa shape index (κ3) is 3.74. The molecule has 1 aromatic heterocycles. The van der Waals surface area contributed by atoms with Gasteiger partial charge < -0.3 is 14.4 Å². The number of benzene rings is 1. The third-order valence-electron chi connectivity index (χ3n) is 4.35. The Bertz CT molecular complexity index is 688. The van der Waals surface area contributed by atoms with Gasteiger partial charge in [0, 0.05) is 50.7 Å². The van der Waals surface area contributed by atoms with Crippen molar-refractivity contribution in [1.29, 1.82) is 0 Å². The van der Waals surface area contributed by atoms with Crippen molar-refractivity contribution >= 4 is 17.3 Å². The lowest BCUT2D eigenvalue weighted by molar-refractivity contribution is 0.245. The van der Waals surface area contributed by atoms with E-state index in [-0.39, 0.29) is 0 Å². The van der Waals surface area contributed by atoms with Gasteiger partial charge in [0.15, 0.2) is 0 Å². The summed E-state index contributed by atoms with van der Waals surface area (Å²) in [5.74, 6) is 1.75. The summed E-state index contributed by atoms with van der Waals surface area (Å²) in [5, 5.41) is 0.709. The second kappa shape index (κ2) is 7.73. The summed E-state index contributed by atoms with van der Waals surface area (Å²) in [7, 11) is 3.39. The number of hydrogen-bond donors (Lipinski definition) is 0. The third-order valence-corrected chi connectivity index (χ3v) is 4.64. The highest BCUT2D eigenvalue weighted by molar-refractivity contribution is 6.33. The van der Waals surface area contributed by atoms with Crippen LogP contribution in [-0.2, 0) is 6.54 Å². The zero-order valence-corrected chi connectivity index (χ0v) is 14.8. The lowest BCUT2D eigenvalue weighted by atomic mass is 10.1. The molecule has 0 atom stereocenters. The molecule has 1 aliphatic heterocycles. The summed E-state index contributed by atoms with van der Waals surface area (Å²) in [5.41, 5.74) is 2.21. The molecule has 0 N–H and O–H groups in total. The van der Waals surface area contributed by atoms with E-state index in [9.17, 15) is 0 Å². The predicted molar refractivity (Wildman–Crippen MR) is 96.3 cm³/mol. The molecule has 0 radical (unpaired) electrons. The molecule has 5 nitrogen and oxygen atoms in total. The van der Waals surface area contributed by atoms with E-state index in [2.05, 4.69) is 14.8 Å². The lowest BCUT2D eigenvalue weighted by Gasteiger charge is -2.36. The zero-order chi connectivity index (χ0) is 16.9. The quantitative estimate of drug-likeness (QED) is 0.831. The number of pyridine rings is 1. The molecule has 128 valence electrons. The minimum absolute atomic E-state index is 0.709. The maximum Gasteiger partial charge on any atom is 0.123 e. The van der Waals surface area contributed by atoms with Crippen LogP contribution < -0.4 is 14.4 Å². The Balaban J connectivity index is 1.64. The summed E-state index contributed by atoms with van der Waals surface area (Å²) < 4.78 is 10.8.